The minimum atomic E-state index is -0.576. The van der Waals surface area contributed by atoms with Crippen LogP contribution in [0.4, 0.5) is 0 Å². The zero-order valence-corrected chi connectivity index (χ0v) is 16.2. The summed E-state index contributed by atoms with van der Waals surface area (Å²) in [5, 5.41) is 0. The Bertz CT molecular complexity index is 617. The number of hydrogen-bond acceptors (Lipinski definition) is 4. The van der Waals surface area contributed by atoms with Gasteiger partial charge in [-0.25, -0.2) is 0 Å². The van der Waals surface area contributed by atoms with E-state index in [1.807, 2.05) is 15.9 Å². The van der Waals surface area contributed by atoms with Crippen LogP contribution in [0, 0.1) is 11.8 Å². The topological polar surface area (TPSA) is 53.1 Å². The van der Waals surface area contributed by atoms with Crippen molar-refractivity contribution in [2.75, 3.05) is 39.8 Å². The van der Waals surface area contributed by atoms with Gasteiger partial charge in [0.2, 0.25) is 11.8 Å². The lowest BCUT2D eigenvalue weighted by atomic mass is 9.76. The van der Waals surface area contributed by atoms with Crippen molar-refractivity contribution in [1.29, 1.82) is 0 Å². The minimum absolute atomic E-state index is 0.112. The van der Waals surface area contributed by atoms with Crippen molar-refractivity contribution in [1.82, 2.24) is 14.7 Å². The first-order chi connectivity index (χ1) is 12.5. The van der Waals surface area contributed by atoms with Crippen LogP contribution in [0.3, 0.4) is 0 Å². The molecule has 0 aliphatic carbocycles. The van der Waals surface area contributed by atoms with Crippen LogP contribution in [0.5, 0.6) is 0 Å². The van der Waals surface area contributed by atoms with Gasteiger partial charge < -0.3 is 19.4 Å². The van der Waals surface area contributed by atoms with E-state index in [0.717, 1.165) is 45.4 Å². The number of amides is 2. The number of ether oxygens (including phenoxy) is 1. The first kappa shape index (κ1) is 18.0. The van der Waals surface area contributed by atoms with Gasteiger partial charge in [0.15, 0.2) is 0 Å². The molecule has 4 aliphatic rings. The zero-order valence-electron chi connectivity index (χ0n) is 16.2. The number of likely N-dealkylation sites (tertiary alicyclic amines) is 1. The molecule has 0 radical (unpaired) electrons. The molecule has 3 fully saturated rings. The second kappa shape index (κ2) is 6.64. The second-order valence-electron chi connectivity index (χ2n) is 8.32. The first-order valence-corrected chi connectivity index (χ1v) is 10.2. The average molecular weight is 361 g/mol. The summed E-state index contributed by atoms with van der Waals surface area (Å²) in [4.78, 5) is 32.9. The summed E-state index contributed by atoms with van der Waals surface area (Å²) < 4.78 is 6.27. The largest absolute Gasteiger partial charge is 0.360 e. The fourth-order valence-corrected chi connectivity index (χ4v) is 5.33. The third kappa shape index (κ3) is 2.61. The first-order valence-electron chi connectivity index (χ1n) is 10.2. The standard InChI is InChI=1S/C20H31N3O3/c1-4-14(5-2)23-13-20-8-7-15(26-20)16(17(20)19(23)25)18(24)22-10-6-9-21(3)11-12-22/h7-8,14-17H,4-6,9-13H2,1-3H3/t15-,16+,17-,20-/m0/s1. The number of nitrogens with zero attached hydrogens (tertiary/aromatic N) is 3. The van der Waals surface area contributed by atoms with E-state index < -0.39 is 5.60 Å². The molecule has 3 saturated heterocycles. The predicted octanol–water partition coefficient (Wildman–Crippen LogP) is 1.12. The number of carbonyl (C=O) groups is 2. The van der Waals surface area contributed by atoms with E-state index in [1.54, 1.807) is 0 Å². The summed E-state index contributed by atoms with van der Waals surface area (Å²) in [5.74, 6) is -0.459. The van der Waals surface area contributed by atoms with Crippen LogP contribution in [-0.4, -0.2) is 84.0 Å². The predicted molar refractivity (Wildman–Crippen MR) is 98.5 cm³/mol. The van der Waals surface area contributed by atoms with Gasteiger partial charge in [-0.1, -0.05) is 26.0 Å². The molecule has 0 unspecified atom stereocenters. The molecule has 0 N–H and O–H groups in total. The van der Waals surface area contributed by atoms with Crippen LogP contribution in [0.25, 0.3) is 0 Å². The van der Waals surface area contributed by atoms with Gasteiger partial charge in [-0.2, -0.15) is 0 Å². The Labute approximate surface area is 156 Å². The Balaban J connectivity index is 1.58. The second-order valence-corrected chi connectivity index (χ2v) is 8.32. The summed E-state index contributed by atoms with van der Waals surface area (Å²) >= 11 is 0. The molecular weight excluding hydrogens is 330 g/mol. The van der Waals surface area contributed by atoms with Crippen molar-refractivity contribution in [3.63, 3.8) is 0 Å². The smallest absolute Gasteiger partial charge is 0.230 e. The number of likely N-dealkylation sites (N-methyl/N-ethyl adjacent to an activating group) is 1. The van der Waals surface area contributed by atoms with Crippen LogP contribution in [0.2, 0.25) is 0 Å². The molecule has 0 aromatic carbocycles. The van der Waals surface area contributed by atoms with E-state index in [9.17, 15) is 9.59 Å². The molecule has 0 saturated carbocycles. The van der Waals surface area contributed by atoms with Crippen LogP contribution in [0.1, 0.15) is 33.1 Å². The lowest BCUT2D eigenvalue weighted by Gasteiger charge is -2.30. The monoisotopic (exact) mass is 361 g/mol. The van der Waals surface area contributed by atoms with Gasteiger partial charge in [-0.15, -0.1) is 0 Å². The van der Waals surface area contributed by atoms with Crippen LogP contribution < -0.4 is 0 Å². The number of hydrogen-bond donors (Lipinski definition) is 0. The third-order valence-corrected chi connectivity index (χ3v) is 6.83. The molecule has 4 atom stereocenters. The number of rotatable bonds is 4. The lowest BCUT2D eigenvalue weighted by molar-refractivity contribution is -0.144. The molecule has 4 rings (SSSR count). The molecule has 0 aromatic rings. The molecule has 144 valence electrons. The Morgan fingerprint density at radius 3 is 2.77 bits per heavy atom. The summed E-state index contributed by atoms with van der Waals surface area (Å²) in [6.07, 6.45) is 6.71. The fraction of sp³-hybridized carbons (Fsp3) is 0.800. The minimum Gasteiger partial charge on any atom is -0.360 e. The van der Waals surface area contributed by atoms with Gasteiger partial charge in [-0.3, -0.25) is 9.59 Å². The average Bonchev–Trinajstić information content (AvgIpc) is 3.21. The fourth-order valence-electron chi connectivity index (χ4n) is 5.33. The van der Waals surface area contributed by atoms with Gasteiger partial charge in [0.1, 0.15) is 5.60 Å². The van der Waals surface area contributed by atoms with Gasteiger partial charge in [0.05, 0.1) is 24.5 Å². The third-order valence-electron chi connectivity index (χ3n) is 6.83. The lowest BCUT2D eigenvalue weighted by Crippen LogP contribution is -2.47. The van der Waals surface area contributed by atoms with E-state index in [0.29, 0.717) is 6.54 Å². The summed E-state index contributed by atoms with van der Waals surface area (Å²) in [6.45, 7) is 8.27. The highest BCUT2D eigenvalue weighted by Gasteiger charge is 2.67. The van der Waals surface area contributed by atoms with Crippen LogP contribution in [0.15, 0.2) is 12.2 Å². The van der Waals surface area contributed by atoms with E-state index in [4.69, 9.17) is 4.74 Å². The van der Waals surface area contributed by atoms with Crippen LogP contribution >= 0.6 is 0 Å². The Morgan fingerprint density at radius 1 is 1.27 bits per heavy atom. The van der Waals surface area contributed by atoms with Crippen LogP contribution in [-0.2, 0) is 14.3 Å². The maximum Gasteiger partial charge on any atom is 0.230 e. The van der Waals surface area contributed by atoms with E-state index >= 15 is 0 Å². The maximum atomic E-state index is 13.4. The van der Waals surface area contributed by atoms with E-state index in [-0.39, 0.29) is 35.8 Å². The molecule has 2 bridgehead atoms. The quantitative estimate of drug-likeness (QED) is 0.704. The van der Waals surface area contributed by atoms with E-state index in [1.165, 1.54) is 0 Å². The molecular formula is C20H31N3O3. The van der Waals surface area contributed by atoms with E-state index in [2.05, 4.69) is 31.9 Å². The molecule has 4 heterocycles. The summed E-state index contributed by atoms with van der Waals surface area (Å²) in [7, 11) is 2.10. The van der Waals surface area contributed by atoms with Crippen molar-refractivity contribution in [2.24, 2.45) is 11.8 Å². The SMILES string of the molecule is CCC(CC)N1C[C@]23C=C[C@H](O2)[C@@H](C(=O)N2CCCN(C)CC2)[C@H]3C1=O. The molecule has 2 amide bonds. The van der Waals surface area contributed by atoms with Crippen molar-refractivity contribution in [2.45, 2.75) is 50.9 Å². The summed E-state index contributed by atoms with van der Waals surface area (Å²) in [6, 6.07) is 0.237. The molecule has 26 heavy (non-hydrogen) atoms. The number of carbonyl (C=O) groups excluding carboxylic acids is 2. The molecule has 6 heteroatoms. The summed E-state index contributed by atoms with van der Waals surface area (Å²) in [5.41, 5.74) is -0.576. The Hall–Kier alpha value is -1.40. The molecule has 0 aromatic heterocycles. The molecule has 4 aliphatic heterocycles. The Morgan fingerprint density at radius 2 is 2.04 bits per heavy atom. The number of fused-ring (bicyclic) bond motifs is 1. The highest BCUT2D eigenvalue weighted by atomic mass is 16.5. The zero-order chi connectivity index (χ0) is 18.5. The van der Waals surface area contributed by atoms with Gasteiger partial charge in [0, 0.05) is 25.7 Å². The maximum absolute atomic E-state index is 13.4. The van der Waals surface area contributed by atoms with Gasteiger partial charge in [0.25, 0.3) is 0 Å². The normalized spacial score (nSPS) is 36.9. The highest BCUT2D eigenvalue weighted by molar-refractivity contribution is 5.93. The highest BCUT2D eigenvalue weighted by Crippen LogP contribution is 2.53. The van der Waals surface area contributed by atoms with Crippen molar-refractivity contribution < 1.29 is 14.3 Å². The Kier molecular flexibility index (Phi) is 4.59. The van der Waals surface area contributed by atoms with Crippen molar-refractivity contribution in [3.05, 3.63) is 12.2 Å². The van der Waals surface area contributed by atoms with Gasteiger partial charge in [-0.05, 0) is 32.9 Å². The van der Waals surface area contributed by atoms with Gasteiger partial charge >= 0.3 is 0 Å². The molecule has 1 spiro atoms. The molecule has 6 nitrogen and oxygen atoms in total. The van der Waals surface area contributed by atoms with Crippen molar-refractivity contribution >= 4 is 11.8 Å². The van der Waals surface area contributed by atoms with Crippen molar-refractivity contribution in [3.8, 4) is 0 Å².